The number of ether oxygens (including phenoxy) is 1. The standard InChI is InChI=1S/C20H21NO4/c1-2-13-14-9-6-10-15(22)16(14)18(23)17-19(13)25-21-20(17)24-11-12-7-4-3-5-8-12/h3-8,10,13-14,16,19,21H,2,9,11H2,1H3. The van der Waals surface area contributed by atoms with Crippen LogP contribution in [-0.4, -0.2) is 17.7 Å². The van der Waals surface area contributed by atoms with Crippen molar-refractivity contribution in [3.8, 4) is 0 Å². The van der Waals surface area contributed by atoms with Crippen LogP contribution in [0.1, 0.15) is 25.3 Å². The molecule has 5 heteroatoms. The quantitative estimate of drug-likeness (QED) is 0.855. The second-order valence-corrected chi connectivity index (χ2v) is 6.78. The third kappa shape index (κ3) is 2.68. The molecule has 1 fully saturated rings. The van der Waals surface area contributed by atoms with Crippen LogP contribution in [0.2, 0.25) is 0 Å². The molecule has 0 bridgehead atoms. The van der Waals surface area contributed by atoms with E-state index in [4.69, 9.17) is 9.57 Å². The summed E-state index contributed by atoms with van der Waals surface area (Å²) in [5, 5.41) is 0. The number of nitrogens with one attached hydrogen (secondary N) is 1. The molecule has 0 spiro atoms. The fraction of sp³-hybridized carbons (Fsp3) is 0.400. The lowest BCUT2D eigenvalue weighted by molar-refractivity contribution is -0.138. The first-order valence-corrected chi connectivity index (χ1v) is 8.77. The number of benzene rings is 1. The molecule has 1 aromatic carbocycles. The van der Waals surface area contributed by atoms with E-state index in [0.717, 1.165) is 18.4 Å². The average Bonchev–Trinajstić information content (AvgIpc) is 3.05. The minimum Gasteiger partial charge on any atom is -0.473 e. The summed E-state index contributed by atoms with van der Waals surface area (Å²) in [6.45, 7) is 2.42. The number of allylic oxidation sites excluding steroid dienone is 2. The topological polar surface area (TPSA) is 64.6 Å². The van der Waals surface area contributed by atoms with Gasteiger partial charge in [0.25, 0.3) is 0 Å². The molecule has 2 aliphatic carbocycles. The van der Waals surface area contributed by atoms with Crippen LogP contribution in [0.3, 0.4) is 0 Å². The molecule has 4 unspecified atom stereocenters. The number of hydrogen-bond donors (Lipinski definition) is 1. The molecule has 1 aliphatic heterocycles. The van der Waals surface area contributed by atoms with Gasteiger partial charge in [0.05, 0.1) is 11.5 Å². The fourth-order valence-electron chi connectivity index (χ4n) is 4.20. The molecule has 4 rings (SSSR count). The van der Waals surface area contributed by atoms with Crippen LogP contribution in [0, 0.1) is 17.8 Å². The van der Waals surface area contributed by atoms with Gasteiger partial charge in [-0.2, -0.15) is 0 Å². The first-order chi connectivity index (χ1) is 12.2. The van der Waals surface area contributed by atoms with E-state index >= 15 is 0 Å². The molecule has 130 valence electrons. The van der Waals surface area contributed by atoms with Gasteiger partial charge in [-0.15, -0.1) is 0 Å². The normalized spacial score (nSPS) is 30.8. The van der Waals surface area contributed by atoms with Crippen LogP contribution in [0.4, 0.5) is 0 Å². The summed E-state index contributed by atoms with van der Waals surface area (Å²) in [4.78, 5) is 31.1. The molecule has 1 heterocycles. The van der Waals surface area contributed by atoms with Gasteiger partial charge in [-0.1, -0.05) is 49.8 Å². The maximum atomic E-state index is 13.0. The molecule has 4 atom stereocenters. The third-order valence-corrected chi connectivity index (χ3v) is 5.42. The van der Waals surface area contributed by atoms with Crippen LogP contribution < -0.4 is 5.48 Å². The van der Waals surface area contributed by atoms with Crippen molar-refractivity contribution in [1.29, 1.82) is 0 Å². The second kappa shape index (κ2) is 6.48. The van der Waals surface area contributed by atoms with Gasteiger partial charge in [0.2, 0.25) is 5.88 Å². The van der Waals surface area contributed by atoms with Crippen molar-refractivity contribution in [2.75, 3.05) is 0 Å². The van der Waals surface area contributed by atoms with E-state index < -0.39 is 5.92 Å². The summed E-state index contributed by atoms with van der Waals surface area (Å²) in [5.74, 6) is -0.351. The van der Waals surface area contributed by atoms with Crippen LogP contribution in [0.25, 0.3) is 0 Å². The highest BCUT2D eigenvalue weighted by molar-refractivity contribution is 6.15. The lowest BCUT2D eigenvalue weighted by Gasteiger charge is -2.40. The zero-order valence-electron chi connectivity index (χ0n) is 14.1. The number of rotatable bonds is 4. The number of hydroxylamine groups is 1. The lowest BCUT2D eigenvalue weighted by Crippen LogP contribution is -2.48. The molecule has 0 aromatic heterocycles. The van der Waals surface area contributed by atoms with Gasteiger partial charge in [-0.25, -0.2) is 5.48 Å². The maximum Gasteiger partial charge on any atom is 0.221 e. The Morgan fingerprint density at radius 2 is 2.04 bits per heavy atom. The molecular formula is C20H21NO4. The molecule has 0 saturated heterocycles. The Morgan fingerprint density at radius 3 is 2.80 bits per heavy atom. The summed E-state index contributed by atoms with van der Waals surface area (Å²) in [7, 11) is 0. The Morgan fingerprint density at radius 1 is 1.24 bits per heavy atom. The van der Waals surface area contributed by atoms with Gasteiger partial charge in [0.1, 0.15) is 12.7 Å². The monoisotopic (exact) mass is 339 g/mol. The number of carbonyl (C=O) groups excluding carboxylic acids is 2. The Balaban J connectivity index is 1.64. The number of ketones is 2. The highest BCUT2D eigenvalue weighted by Gasteiger charge is 2.53. The minimum absolute atomic E-state index is 0.0130. The largest absolute Gasteiger partial charge is 0.473 e. The summed E-state index contributed by atoms with van der Waals surface area (Å²) in [5.41, 5.74) is 4.29. The summed E-state index contributed by atoms with van der Waals surface area (Å²) >= 11 is 0. The van der Waals surface area contributed by atoms with E-state index in [9.17, 15) is 9.59 Å². The molecule has 25 heavy (non-hydrogen) atoms. The van der Waals surface area contributed by atoms with Crippen molar-refractivity contribution in [1.82, 2.24) is 5.48 Å². The summed E-state index contributed by atoms with van der Waals surface area (Å²) in [6.07, 6.45) is 4.67. The average molecular weight is 339 g/mol. The zero-order chi connectivity index (χ0) is 17.4. The Kier molecular flexibility index (Phi) is 4.17. The van der Waals surface area contributed by atoms with Crippen LogP contribution in [0.5, 0.6) is 0 Å². The highest BCUT2D eigenvalue weighted by Crippen LogP contribution is 2.45. The lowest BCUT2D eigenvalue weighted by atomic mass is 9.63. The Bertz CT molecular complexity index is 752. The number of hydrogen-bond acceptors (Lipinski definition) is 5. The van der Waals surface area contributed by atoms with Crippen molar-refractivity contribution in [2.45, 2.75) is 32.5 Å². The third-order valence-electron chi connectivity index (χ3n) is 5.42. The van der Waals surface area contributed by atoms with Crippen molar-refractivity contribution < 1.29 is 19.2 Å². The number of Topliss-reactive ketones (excluding diaryl/α,β-unsaturated/α-hetero) is 1. The van der Waals surface area contributed by atoms with E-state index in [1.54, 1.807) is 6.08 Å². The molecule has 5 nitrogen and oxygen atoms in total. The van der Waals surface area contributed by atoms with E-state index in [2.05, 4.69) is 12.4 Å². The van der Waals surface area contributed by atoms with Crippen molar-refractivity contribution in [3.05, 3.63) is 59.5 Å². The molecule has 1 aromatic rings. The van der Waals surface area contributed by atoms with E-state index in [1.165, 1.54) is 0 Å². The minimum atomic E-state index is -0.597. The maximum absolute atomic E-state index is 13.0. The van der Waals surface area contributed by atoms with Gasteiger partial charge in [-0.05, 0) is 29.9 Å². The first kappa shape index (κ1) is 16.1. The highest BCUT2D eigenvalue weighted by atomic mass is 16.7. The molecule has 0 amide bonds. The smallest absolute Gasteiger partial charge is 0.221 e. The molecule has 0 radical (unpaired) electrons. The zero-order valence-corrected chi connectivity index (χ0v) is 14.1. The molecule has 1 N–H and O–H groups in total. The van der Waals surface area contributed by atoms with Gasteiger partial charge < -0.3 is 4.74 Å². The van der Waals surface area contributed by atoms with Gasteiger partial charge >= 0.3 is 0 Å². The van der Waals surface area contributed by atoms with Crippen LogP contribution in [0.15, 0.2) is 53.9 Å². The SMILES string of the molecule is CCC1C2ONC(OCc3ccccc3)=C2C(=O)C2C(=O)C=CCC21. The first-order valence-electron chi connectivity index (χ1n) is 8.77. The van der Waals surface area contributed by atoms with E-state index in [1.807, 2.05) is 36.4 Å². The Hall–Kier alpha value is -2.40. The number of carbonyl (C=O) groups is 2. The van der Waals surface area contributed by atoms with Gasteiger partial charge in [0.15, 0.2) is 11.6 Å². The van der Waals surface area contributed by atoms with Crippen LogP contribution >= 0.6 is 0 Å². The van der Waals surface area contributed by atoms with Crippen LogP contribution in [-0.2, 0) is 25.8 Å². The van der Waals surface area contributed by atoms with Crippen molar-refractivity contribution in [2.24, 2.45) is 17.8 Å². The van der Waals surface area contributed by atoms with Crippen molar-refractivity contribution >= 4 is 11.6 Å². The van der Waals surface area contributed by atoms with E-state index in [0.29, 0.717) is 18.1 Å². The summed E-state index contributed by atoms with van der Waals surface area (Å²) in [6, 6.07) is 9.74. The van der Waals surface area contributed by atoms with E-state index in [-0.39, 0.29) is 29.5 Å². The predicted octanol–water partition coefficient (Wildman–Crippen LogP) is 2.69. The molecular weight excluding hydrogens is 318 g/mol. The summed E-state index contributed by atoms with van der Waals surface area (Å²) < 4.78 is 5.83. The number of fused-ring (bicyclic) bond motifs is 2. The van der Waals surface area contributed by atoms with Gasteiger partial charge in [-0.3, -0.25) is 14.4 Å². The fourth-order valence-corrected chi connectivity index (χ4v) is 4.20. The van der Waals surface area contributed by atoms with Crippen molar-refractivity contribution in [3.63, 3.8) is 0 Å². The molecule has 3 aliphatic rings. The molecule has 1 saturated carbocycles. The predicted molar refractivity (Wildman–Crippen MR) is 90.8 cm³/mol. The second-order valence-electron chi connectivity index (χ2n) is 6.78. The Labute approximate surface area is 146 Å². The van der Waals surface area contributed by atoms with Gasteiger partial charge in [0, 0.05) is 0 Å².